The van der Waals surface area contributed by atoms with Gasteiger partial charge in [-0.2, -0.15) is 0 Å². The maximum absolute atomic E-state index is 12.6. The highest BCUT2D eigenvalue weighted by molar-refractivity contribution is 6.51. The Kier molecular flexibility index (Phi) is 5.54. The van der Waals surface area contributed by atoms with Crippen molar-refractivity contribution in [1.82, 2.24) is 4.90 Å². The molecule has 0 saturated carbocycles. The van der Waals surface area contributed by atoms with Gasteiger partial charge in [0.15, 0.2) is 0 Å². The van der Waals surface area contributed by atoms with Gasteiger partial charge in [0.2, 0.25) is 11.8 Å². The Hall–Kier alpha value is -2.56. The Labute approximate surface area is 149 Å². The van der Waals surface area contributed by atoms with Crippen LogP contribution < -0.4 is 10.8 Å². The van der Waals surface area contributed by atoms with Gasteiger partial charge in [-0.3, -0.25) is 9.59 Å². The number of anilines is 1. The van der Waals surface area contributed by atoms with Crippen LogP contribution in [0.15, 0.2) is 54.6 Å². The number of nitrogens with zero attached hydrogens (tertiary/aromatic N) is 1. The van der Waals surface area contributed by atoms with Gasteiger partial charge in [0.25, 0.3) is 0 Å². The second kappa shape index (κ2) is 8.01. The van der Waals surface area contributed by atoms with Crippen molar-refractivity contribution < 1.29 is 9.59 Å². The van der Waals surface area contributed by atoms with E-state index >= 15 is 0 Å². The fourth-order valence-corrected chi connectivity index (χ4v) is 3.19. The Morgan fingerprint density at radius 1 is 1.12 bits per heavy atom. The Bertz CT molecular complexity index is 731. The molecule has 2 amide bonds. The van der Waals surface area contributed by atoms with Gasteiger partial charge in [0, 0.05) is 12.2 Å². The van der Waals surface area contributed by atoms with Crippen LogP contribution in [-0.4, -0.2) is 36.6 Å². The molecule has 1 radical (unpaired) electrons. The zero-order valence-electron chi connectivity index (χ0n) is 14.4. The topological polar surface area (TPSA) is 49.4 Å². The minimum Gasteiger partial charge on any atom is -0.330 e. The third-order valence-electron chi connectivity index (χ3n) is 4.59. The fraction of sp³-hybridized carbons (Fsp3) is 0.300. The number of likely N-dealkylation sites (tertiary alicyclic amines) is 1. The summed E-state index contributed by atoms with van der Waals surface area (Å²) in [6, 6.07) is 17.0. The number of benzene rings is 2. The molecule has 2 aromatic rings. The molecule has 0 aromatic heterocycles. The van der Waals surface area contributed by atoms with Gasteiger partial charge in [-0.15, -0.1) is 0 Å². The first-order valence-corrected chi connectivity index (χ1v) is 8.71. The maximum Gasteiger partial charge on any atom is 0.247 e. The van der Waals surface area contributed by atoms with Crippen molar-refractivity contribution in [2.75, 3.05) is 11.9 Å². The second-order valence-electron chi connectivity index (χ2n) is 6.31. The molecule has 1 fully saturated rings. The van der Waals surface area contributed by atoms with Gasteiger partial charge >= 0.3 is 0 Å². The molecule has 1 heterocycles. The molecule has 0 unspecified atom stereocenters. The van der Waals surface area contributed by atoms with E-state index in [-0.39, 0.29) is 17.9 Å². The van der Waals surface area contributed by atoms with Crippen molar-refractivity contribution in [3.05, 3.63) is 60.2 Å². The number of amides is 2. The summed E-state index contributed by atoms with van der Waals surface area (Å²) in [5, 5.41) is 2.94. The SMILES string of the molecule is C[B]c1ccc(NC(=O)[C@@H]2CCCN2C(=O)Cc2ccccc2)cc1. The summed E-state index contributed by atoms with van der Waals surface area (Å²) in [4.78, 5) is 26.9. The number of hydrogen-bond donors (Lipinski definition) is 1. The van der Waals surface area contributed by atoms with Crippen molar-refractivity contribution in [1.29, 1.82) is 0 Å². The first-order chi connectivity index (χ1) is 12.2. The van der Waals surface area contributed by atoms with E-state index in [0.29, 0.717) is 19.4 Å². The third-order valence-corrected chi connectivity index (χ3v) is 4.59. The average Bonchev–Trinajstić information content (AvgIpc) is 3.13. The van der Waals surface area contributed by atoms with E-state index < -0.39 is 0 Å². The monoisotopic (exact) mass is 333 g/mol. The van der Waals surface area contributed by atoms with Crippen LogP contribution in [0.25, 0.3) is 0 Å². The Morgan fingerprint density at radius 3 is 2.52 bits per heavy atom. The first kappa shape index (κ1) is 17.3. The smallest absolute Gasteiger partial charge is 0.247 e. The average molecular weight is 333 g/mol. The highest BCUT2D eigenvalue weighted by atomic mass is 16.2. The van der Waals surface area contributed by atoms with Gasteiger partial charge in [-0.25, -0.2) is 0 Å². The van der Waals surface area contributed by atoms with Crippen molar-refractivity contribution in [3.8, 4) is 0 Å². The number of carbonyl (C=O) groups excluding carboxylic acids is 2. The van der Waals surface area contributed by atoms with Crippen LogP contribution in [0, 0.1) is 0 Å². The molecule has 127 valence electrons. The van der Waals surface area contributed by atoms with E-state index in [4.69, 9.17) is 0 Å². The lowest BCUT2D eigenvalue weighted by atomic mass is 9.73. The molecule has 25 heavy (non-hydrogen) atoms. The van der Waals surface area contributed by atoms with E-state index in [1.807, 2.05) is 68.7 Å². The first-order valence-electron chi connectivity index (χ1n) is 8.71. The van der Waals surface area contributed by atoms with Crippen LogP contribution >= 0.6 is 0 Å². The lowest BCUT2D eigenvalue weighted by Gasteiger charge is -2.24. The molecule has 1 saturated heterocycles. The van der Waals surface area contributed by atoms with Crippen LogP contribution in [0.4, 0.5) is 5.69 Å². The summed E-state index contributed by atoms with van der Waals surface area (Å²) in [7, 11) is 2.01. The van der Waals surface area contributed by atoms with Gasteiger partial charge < -0.3 is 10.2 Å². The summed E-state index contributed by atoms with van der Waals surface area (Å²) in [5.74, 6) is -0.0908. The third kappa shape index (κ3) is 4.30. The predicted molar refractivity (Wildman–Crippen MR) is 101 cm³/mol. The molecule has 3 rings (SSSR count). The van der Waals surface area contributed by atoms with Gasteiger partial charge in [-0.1, -0.05) is 54.8 Å². The number of nitrogens with one attached hydrogen (secondary N) is 1. The molecule has 0 bridgehead atoms. The Balaban J connectivity index is 1.63. The quantitative estimate of drug-likeness (QED) is 0.853. The zero-order valence-corrected chi connectivity index (χ0v) is 14.4. The fourth-order valence-electron chi connectivity index (χ4n) is 3.19. The van der Waals surface area contributed by atoms with E-state index in [9.17, 15) is 9.59 Å². The van der Waals surface area contributed by atoms with Crippen molar-refractivity contribution in [3.63, 3.8) is 0 Å². The van der Waals surface area contributed by atoms with Crippen molar-refractivity contribution >= 4 is 30.2 Å². The molecule has 1 aliphatic heterocycles. The summed E-state index contributed by atoms with van der Waals surface area (Å²) < 4.78 is 0. The van der Waals surface area contributed by atoms with Crippen LogP contribution in [0.1, 0.15) is 18.4 Å². The maximum atomic E-state index is 12.6. The molecule has 1 N–H and O–H groups in total. The number of carbonyl (C=O) groups is 2. The zero-order chi connectivity index (χ0) is 17.6. The van der Waals surface area contributed by atoms with Crippen molar-refractivity contribution in [2.45, 2.75) is 32.1 Å². The standard InChI is InChI=1S/C20H22BN2O2/c1-21-16-9-11-17(12-10-16)22-20(25)18-8-5-13-23(18)19(24)14-15-6-3-2-4-7-15/h2-4,6-7,9-12,18H,5,8,13-14H2,1H3,(H,22,25)/t18-/m0/s1. The highest BCUT2D eigenvalue weighted by Crippen LogP contribution is 2.20. The minimum absolute atomic E-state index is 0.0137. The van der Waals surface area contributed by atoms with Gasteiger partial charge in [-0.05, 0) is 30.5 Å². The van der Waals surface area contributed by atoms with Gasteiger partial charge in [0.1, 0.15) is 13.3 Å². The summed E-state index contributed by atoms with van der Waals surface area (Å²) in [6.07, 6.45) is 1.92. The molecular formula is C20H22BN2O2. The van der Waals surface area contributed by atoms with Crippen LogP contribution in [0.3, 0.4) is 0 Å². The molecule has 1 aliphatic rings. The van der Waals surface area contributed by atoms with Crippen LogP contribution in [0.2, 0.25) is 6.82 Å². The molecule has 1 atom stereocenters. The van der Waals surface area contributed by atoms with E-state index in [1.165, 1.54) is 0 Å². The molecule has 5 heteroatoms. The van der Waals surface area contributed by atoms with Crippen LogP contribution in [0.5, 0.6) is 0 Å². The lowest BCUT2D eigenvalue weighted by Crippen LogP contribution is -2.43. The molecule has 0 spiro atoms. The van der Waals surface area contributed by atoms with Gasteiger partial charge in [0.05, 0.1) is 6.42 Å². The number of rotatable bonds is 5. The van der Waals surface area contributed by atoms with E-state index in [0.717, 1.165) is 23.1 Å². The molecule has 0 aliphatic carbocycles. The van der Waals surface area contributed by atoms with E-state index in [2.05, 4.69) is 5.32 Å². The van der Waals surface area contributed by atoms with Crippen LogP contribution in [-0.2, 0) is 16.0 Å². The second-order valence-corrected chi connectivity index (χ2v) is 6.31. The minimum atomic E-state index is -0.381. The Morgan fingerprint density at radius 2 is 1.84 bits per heavy atom. The van der Waals surface area contributed by atoms with Crippen molar-refractivity contribution in [2.24, 2.45) is 0 Å². The number of hydrogen-bond acceptors (Lipinski definition) is 2. The highest BCUT2D eigenvalue weighted by Gasteiger charge is 2.33. The largest absolute Gasteiger partial charge is 0.330 e. The molecule has 2 aromatic carbocycles. The van der Waals surface area contributed by atoms with E-state index in [1.54, 1.807) is 4.90 Å². The predicted octanol–water partition coefficient (Wildman–Crippen LogP) is 2.24. The molecular weight excluding hydrogens is 311 g/mol. The normalized spacial score (nSPS) is 16.5. The molecule has 4 nitrogen and oxygen atoms in total. The summed E-state index contributed by atoms with van der Waals surface area (Å²) in [6.45, 7) is 2.62. The summed E-state index contributed by atoms with van der Waals surface area (Å²) in [5.41, 5.74) is 2.85. The lowest BCUT2D eigenvalue weighted by molar-refractivity contribution is -0.136. The summed E-state index contributed by atoms with van der Waals surface area (Å²) >= 11 is 0.